The maximum atomic E-state index is 9.63. The number of rotatable bonds is 4. The smallest absolute Gasteiger partial charge is 0.118 e. The van der Waals surface area contributed by atoms with Gasteiger partial charge in [-0.15, -0.1) is 12.4 Å². The van der Waals surface area contributed by atoms with E-state index >= 15 is 0 Å². The molecule has 0 aromatic heterocycles. The van der Waals surface area contributed by atoms with Gasteiger partial charge in [0, 0.05) is 0 Å². The average Bonchev–Trinajstić information content (AvgIpc) is 2.27. The van der Waals surface area contributed by atoms with Gasteiger partial charge in [-0.2, -0.15) is 0 Å². The Hall–Kier alpha value is -0.810. The molecule has 5 heteroatoms. The number of aliphatic hydroxyl groups excluding tert-OH is 2. The first-order chi connectivity index (χ1) is 6.69. The van der Waals surface area contributed by atoms with Crippen molar-refractivity contribution in [2.75, 3.05) is 13.7 Å². The summed E-state index contributed by atoms with van der Waals surface area (Å²) in [6.07, 6.45) is -0.842. The molecule has 1 aromatic carbocycles. The Bertz CT molecular complexity index is 279. The number of ether oxygens (including phenoxy) is 1. The maximum Gasteiger partial charge on any atom is 0.118 e. The van der Waals surface area contributed by atoms with Crippen LogP contribution in [0.2, 0.25) is 0 Å². The van der Waals surface area contributed by atoms with Gasteiger partial charge in [0.2, 0.25) is 0 Å². The van der Waals surface area contributed by atoms with Crippen molar-refractivity contribution in [3.8, 4) is 5.75 Å². The zero-order valence-electron chi connectivity index (χ0n) is 8.46. The summed E-state index contributed by atoms with van der Waals surface area (Å²) >= 11 is 0. The minimum Gasteiger partial charge on any atom is -0.497 e. The molecular weight excluding hydrogens is 218 g/mol. The van der Waals surface area contributed by atoms with E-state index in [2.05, 4.69) is 0 Å². The van der Waals surface area contributed by atoms with E-state index in [0.717, 1.165) is 5.75 Å². The summed E-state index contributed by atoms with van der Waals surface area (Å²) in [5.74, 6) is 0.721. The number of hydrogen-bond acceptors (Lipinski definition) is 4. The molecule has 0 aliphatic heterocycles. The van der Waals surface area contributed by atoms with Crippen molar-refractivity contribution in [1.29, 1.82) is 0 Å². The molecule has 2 atom stereocenters. The van der Waals surface area contributed by atoms with Gasteiger partial charge >= 0.3 is 0 Å². The third-order valence-electron chi connectivity index (χ3n) is 2.07. The topological polar surface area (TPSA) is 75.7 Å². The van der Waals surface area contributed by atoms with Crippen LogP contribution in [0.4, 0.5) is 0 Å². The van der Waals surface area contributed by atoms with Crippen molar-refractivity contribution in [2.45, 2.75) is 12.1 Å². The van der Waals surface area contributed by atoms with Crippen molar-refractivity contribution in [3.05, 3.63) is 29.8 Å². The number of aliphatic hydroxyl groups is 2. The first-order valence-electron chi connectivity index (χ1n) is 4.37. The van der Waals surface area contributed by atoms with Gasteiger partial charge < -0.3 is 20.7 Å². The SMILES string of the molecule is COc1ccc([C@H](O)[C@H](N)CO)cc1.Cl. The Morgan fingerprint density at radius 1 is 1.33 bits per heavy atom. The van der Waals surface area contributed by atoms with E-state index < -0.39 is 12.1 Å². The van der Waals surface area contributed by atoms with Crippen LogP contribution < -0.4 is 10.5 Å². The highest BCUT2D eigenvalue weighted by Crippen LogP contribution is 2.19. The molecule has 0 bridgehead atoms. The first kappa shape index (κ1) is 14.2. The largest absolute Gasteiger partial charge is 0.497 e. The summed E-state index contributed by atoms with van der Waals surface area (Å²) in [6.45, 7) is -0.243. The summed E-state index contributed by atoms with van der Waals surface area (Å²) in [5, 5.41) is 18.4. The Balaban J connectivity index is 0.00000196. The molecule has 0 aliphatic carbocycles. The van der Waals surface area contributed by atoms with Gasteiger partial charge in [0.1, 0.15) is 5.75 Å². The van der Waals surface area contributed by atoms with Crippen LogP contribution in [0.15, 0.2) is 24.3 Å². The van der Waals surface area contributed by atoms with Gasteiger partial charge in [0.15, 0.2) is 0 Å². The van der Waals surface area contributed by atoms with E-state index in [0.29, 0.717) is 5.56 Å². The fraction of sp³-hybridized carbons (Fsp3) is 0.400. The van der Waals surface area contributed by atoms with E-state index in [1.54, 1.807) is 31.4 Å². The lowest BCUT2D eigenvalue weighted by Gasteiger charge is -2.16. The molecule has 0 radical (unpaired) electrons. The summed E-state index contributed by atoms with van der Waals surface area (Å²) < 4.78 is 4.97. The van der Waals surface area contributed by atoms with Crippen molar-refractivity contribution in [1.82, 2.24) is 0 Å². The van der Waals surface area contributed by atoms with E-state index in [-0.39, 0.29) is 19.0 Å². The molecule has 15 heavy (non-hydrogen) atoms. The van der Waals surface area contributed by atoms with Crippen LogP contribution in [-0.4, -0.2) is 30.0 Å². The van der Waals surface area contributed by atoms with Crippen LogP contribution >= 0.6 is 12.4 Å². The number of halogens is 1. The van der Waals surface area contributed by atoms with Crippen LogP contribution in [0, 0.1) is 0 Å². The summed E-state index contributed by atoms with van der Waals surface area (Å²) in [6, 6.07) is 6.27. The molecule has 0 unspecified atom stereocenters. The Morgan fingerprint density at radius 2 is 1.87 bits per heavy atom. The maximum absolute atomic E-state index is 9.63. The fourth-order valence-corrected chi connectivity index (χ4v) is 1.15. The van der Waals surface area contributed by atoms with Crippen molar-refractivity contribution in [3.63, 3.8) is 0 Å². The molecule has 1 rings (SSSR count). The summed E-state index contributed by atoms with van der Waals surface area (Å²) in [5.41, 5.74) is 6.16. The molecule has 0 saturated heterocycles. The lowest BCUT2D eigenvalue weighted by molar-refractivity contribution is 0.109. The first-order valence-corrected chi connectivity index (χ1v) is 4.37. The zero-order valence-corrected chi connectivity index (χ0v) is 9.28. The third kappa shape index (κ3) is 3.68. The van der Waals surface area contributed by atoms with E-state index in [1.807, 2.05) is 0 Å². The van der Waals surface area contributed by atoms with Gasteiger partial charge in [0.25, 0.3) is 0 Å². The minimum atomic E-state index is -0.842. The van der Waals surface area contributed by atoms with Gasteiger partial charge in [-0.1, -0.05) is 12.1 Å². The molecule has 4 N–H and O–H groups in total. The molecule has 86 valence electrons. The van der Waals surface area contributed by atoms with Crippen LogP contribution in [0.3, 0.4) is 0 Å². The lowest BCUT2D eigenvalue weighted by Crippen LogP contribution is -2.31. The highest BCUT2D eigenvalue weighted by molar-refractivity contribution is 5.85. The molecule has 0 fully saturated rings. The van der Waals surface area contributed by atoms with Gasteiger partial charge in [0.05, 0.1) is 25.9 Å². The highest BCUT2D eigenvalue weighted by Gasteiger charge is 2.15. The van der Waals surface area contributed by atoms with Crippen LogP contribution in [0.1, 0.15) is 11.7 Å². The predicted octanol–water partition coefficient (Wildman–Crippen LogP) is 0.470. The van der Waals surface area contributed by atoms with Gasteiger partial charge in [-0.05, 0) is 17.7 Å². The van der Waals surface area contributed by atoms with Crippen molar-refractivity contribution in [2.24, 2.45) is 5.73 Å². The Labute approximate surface area is 95.1 Å². The van der Waals surface area contributed by atoms with Crippen molar-refractivity contribution >= 4 is 12.4 Å². The van der Waals surface area contributed by atoms with Gasteiger partial charge in [-0.3, -0.25) is 0 Å². The van der Waals surface area contributed by atoms with Crippen LogP contribution in [0.5, 0.6) is 5.75 Å². The predicted molar refractivity (Wildman–Crippen MR) is 60.3 cm³/mol. The Morgan fingerprint density at radius 3 is 2.27 bits per heavy atom. The molecule has 0 aliphatic rings. The molecule has 4 nitrogen and oxygen atoms in total. The second kappa shape index (κ2) is 6.63. The number of methoxy groups -OCH3 is 1. The Kier molecular flexibility index (Phi) is 6.27. The van der Waals surface area contributed by atoms with Crippen LogP contribution in [0.25, 0.3) is 0 Å². The van der Waals surface area contributed by atoms with E-state index in [1.165, 1.54) is 0 Å². The number of nitrogens with two attached hydrogens (primary N) is 1. The average molecular weight is 234 g/mol. The standard InChI is InChI=1S/C10H15NO3.ClH/c1-14-8-4-2-7(3-5-8)10(13)9(11)6-12;/h2-5,9-10,12-13H,6,11H2,1H3;1H/t9-,10+;/m1./s1. The van der Waals surface area contributed by atoms with Crippen LogP contribution in [-0.2, 0) is 0 Å². The number of benzene rings is 1. The van der Waals surface area contributed by atoms with Crippen molar-refractivity contribution < 1.29 is 14.9 Å². The molecule has 0 saturated carbocycles. The highest BCUT2D eigenvalue weighted by atomic mass is 35.5. The lowest BCUT2D eigenvalue weighted by atomic mass is 10.0. The van der Waals surface area contributed by atoms with E-state index in [4.69, 9.17) is 15.6 Å². The molecule has 0 heterocycles. The third-order valence-corrected chi connectivity index (χ3v) is 2.07. The molecule has 1 aromatic rings. The van der Waals surface area contributed by atoms with Gasteiger partial charge in [-0.25, -0.2) is 0 Å². The second-order valence-electron chi connectivity index (χ2n) is 3.06. The molecular formula is C10H16ClNO3. The number of hydrogen-bond donors (Lipinski definition) is 3. The second-order valence-corrected chi connectivity index (χ2v) is 3.06. The molecule has 0 spiro atoms. The minimum absolute atomic E-state index is 0. The normalized spacial score (nSPS) is 13.9. The summed E-state index contributed by atoms with van der Waals surface area (Å²) in [7, 11) is 1.57. The molecule has 0 amide bonds. The van der Waals surface area contributed by atoms with E-state index in [9.17, 15) is 5.11 Å². The fourth-order valence-electron chi connectivity index (χ4n) is 1.15. The quantitative estimate of drug-likeness (QED) is 0.707. The summed E-state index contributed by atoms with van der Waals surface area (Å²) in [4.78, 5) is 0. The zero-order chi connectivity index (χ0) is 10.6. The monoisotopic (exact) mass is 233 g/mol.